The molecule has 0 N–H and O–H groups in total. The van der Waals surface area contributed by atoms with Crippen LogP contribution >= 0.6 is 11.6 Å². The quantitative estimate of drug-likeness (QED) is 0.750. The molecule has 1 fully saturated rings. The number of alkyl halides is 1. The molecule has 1 nitrogen and oxygen atoms in total. The number of carbonyl (C=O) groups excluding carboxylic acids is 1. The second kappa shape index (κ2) is 5.41. The van der Waals surface area contributed by atoms with E-state index in [1.807, 2.05) is 12.1 Å². The largest absolute Gasteiger partial charge is 0.298 e. The molecule has 102 valence electrons. The fraction of sp³-hybridized carbons (Fsp3) is 0.278. The number of rotatable bonds is 2. The Balaban J connectivity index is 2.11. The Morgan fingerprint density at radius 1 is 0.900 bits per heavy atom. The molecule has 1 aliphatic rings. The van der Waals surface area contributed by atoms with Crippen LogP contribution < -0.4 is 0 Å². The summed E-state index contributed by atoms with van der Waals surface area (Å²) < 4.78 is 0. The van der Waals surface area contributed by atoms with Crippen molar-refractivity contribution in [2.24, 2.45) is 0 Å². The Morgan fingerprint density at radius 3 is 1.85 bits per heavy atom. The molecule has 0 bridgehead atoms. The molecule has 1 unspecified atom stereocenters. The van der Waals surface area contributed by atoms with E-state index < -0.39 is 0 Å². The lowest BCUT2D eigenvalue weighted by atomic mass is 9.65. The summed E-state index contributed by atoms with van der Waals surface area (Å²) in [5.41, 5.74) is 2.37. The van der Waals surface area contributed by atoms with Crippen LogP contribution in [0.3, 0.4) is 0 Å². The zero-order valence-corrected chi connectivity index (χ0v) is 12.0. The van der Waals surface area contributed by atoms with Crippen LogP contribution in [0.25, 0.3) is 0 Å². The van der Waals surface area contributed by atoms with Crippen LogP contribution in [0.4, 0.5) is 0 Å². The second-order valence-corrected chi connectivity index (χ2v) is 5.98. The van der Waals surface area contributed by atoms with Crippen molar-refractivity contribution < 1.29 is 4.79 Å². The summed E-state index contributed by atoms with van der Waals surface area (Å²) in [5, 5.41) is -0.385. The summed E-state index contributed by atoms with van der Waals surface area (Å²) in [6.45, 7) is 0. The van der Waals surface area contributed by atoms with Crippen LogP contribution in [-0.4, -0.2) is 11.2 Å². The van der Waals surface area contributed by atoms with Gasteiger partial charge in [0.1, 0.15) is 0 Å². The molecule has 0 aliphatic heterocycles. The Bertz CT molecular complexity index is 552. The van der Waals surface area contributed by atoms with E-state index in [4.69, 9.17) is 11.6 Å². The van der Waals surface area contributed by atoms with E-state index >= 15 is 0 Å². The Kier molecular flexibility index (Phi) is 3.62. The summed E-state index contributed by atoms with van der Waals surface area (Å²) in [6, 6.07) is 20.8. The zero-order chi connectivity index (χ0) is 14.0. The van der Waals surface area contributed by atoms with Gasteiger partial charge in [0.2, 0.25) is 0 Å². The van der Waals surface area contributed by atoms with Crippen molar-refractivity contribution in [2.45, 2.75) is 30.1 Å². The number of Topliss-reactive ketones (excluding diaryl/α,β-unsaturated/α-hetero) is 1. The maximum absolute atomic E-state index is 11.8. The van der Waals surface area contributed by atoms with Crippen molar-refractivity contribution in [3.8, 4) is 0 Å². The van der Waals surface area contributed by atoms with Crippen molar-refractivity contribution in [3.63, 3.8) is 0 Å². The molecule has 0 amide bonds. The number of hydrogen-bond acceptors (Lipinski definition) is 1. The molecule has 0 radical (unpaired) electrons. The predicted molar refractivity (Wildman–Crippen MR) is 82.2 cm³/mol. The van der Waals surface area contributed by atoms with Gasteiger partial charge in [0.15, 0.2) is 5.78 Å². The zero-order valence-electron chi connectivity index (χ0n) is 11.3. The Labute approximate surface area is 124 Å². The maximum atomic E-state index is 11.8. The minimum atomic E-state index is -0.385. The van der Waals surface area contributed by atoms with Crippen molar-refractivity contribution in [1.82, 2.24) is 0 Å². The van der Waals surface area contributed by atoms with Gasteiger partial charge in [-0.05, 0) is 24.0 Å². The molecular formula is C18H17ClO. The number of halogens is 1. The molecule has 3 rings (SSSR count). The van der Waals surface area contributed by atoms with E-state index in [-0.39, 0.29) is 16.6 Å². The minimum absolute atomic E-state index is 0.136. The van der Waals surface area contributed by atoms with Gasteiger partial charge in [0.25, 0.3) is 0 Å². The van der Waals surface area contributed by atoms with Gasteiger partial charge in [-0.2, -0.15) is 0 Å². The summed E-state index contributed by atoms with van der Waals surface area (Å²) in [7, 11) is 0. The monoisotopic (exact) mass is 284 g/mol. The van der Waals surface area contributed by atoms with Crippen LogP contribution in [0, 0.1) is 0 Å². The summed E-state index contributed by atoms with van der Waals surface area (Å²) >= 11 is 6.30. The van der Waals surface area contributed by atoms with Gasteiger partial charge < -0.3 is 0 Å². The first-order valence-corrected chi connectivity index (χ1v) is 7.44. The molecule has 2 aromatic rings. The van der Waals surface area contributed by atoms with Crippen LogP contribution in [0.5, 0.6) is 0 Å². The predicted octanol–water partition coefficient (Wildman–Crippen LogP) is 4.33. The number of hydrogen-bond donors (Lipinski definition) is 0. The SMILES string of the molecule is O=C1CCC(c2ccccc2)(c2ccccc2)CC1Cl. The fourth-order valence-electron chi connectivity index (χ4n) is 3.22. The van der Waals surface area contributed by atoms with Crippen molar-refractivity contribution >= 4 is 17.4 Å². The number of ketones is 1. The van der Waals surface area contributed by atoms with Crippen molar-refractivity contribution in [3.05, 3.63) is 71.8 Å². The van der Waals surface area contributed by atoms with Crippen molar-refractivity contribution in [2.75, 3.05) is 0 Å². The number of benzene rings is 2. The average molecular weight is 285 g/mol. The third-order valence-electron chi connectivity index (χ3n) is 4.33. The van der Waals surface area contributed by atoms with Gasteiger partial charge in [0.05, 0.1) is 5.38 Å². The first kappa shape index (κ1) is 13.4. The first-order valence-electron chi connectivity index (χ1n) is 7.00. The fourth-order valence-corrected chi connectivity index (χ4v) is 3.59. The van der Waals surface area contributed by atoms with Gasteiger partial charge in [-0.25, -0.2) is 0 Å². The molecule has 0 heterocycles. The molecule has 1 saturated carbocycles. The molecule has 20 heavy (non-hydrogen) atoms. The molecule has 1 aliphatic carbocycles. The van der Waals surface area contributed by atoms with Gasteiger partial charge in [-0.1, -0.05) is 60.7 Å². The maximum Gasteiger partial charge on any atom is 0.150 e. The smallest absolute Gasteiger partial charge is 0.150 e. The average Bonchev–Trinajstić information content (AvgIpc) is 2.52. The highest BCUT2D eigenvalue weighted by atomic mass is 35.5. The molecule has 1 atom stereocenters. The second-order valence-electron chi connectivity index (χ2n) is 5.45. The normalized spacial score (nSPS) is 21.6. The van der Waals surface area contributed by atoms with E-state index in [0.717, 1.165) is 6.42 Å². The van der Waals surface area contributed by atoms with Crippen molar-refractivity contribution in [1.29, 1.82) is 0 Å². The van der Waals surface area contributed by atoms with Gasteiger partial charge in [-0.15, -0.1) is 11.6 Å². The van der Waals surface area contributed by atoms with E-state index in [0.29, 0.717) is 12.8 Å². The third kappa shape index (κ3) is 2.27. The Morgan fingerprint density at radius 2 is 1.40 bits per heavy atom. The third-order valence-corrected chi connectivity index (χ3v) is 4.73. The Hall–Kier alpha value is -1.60. The molecule has 2 heteroatoms. The highest BCUT2D eigenvalue weighted by Gasteiger charge is 2.41. The minimum Gasteiger partial charge on any atom is -0.298 e. The van der Waals surface area contributed by atoms with Crippen LogP contribution in [0.2, 0.25) is 0 Å². The molecule has 0 aromatic heterocycles. The van der Waals surface area contributed by atoms with Crippen LogP contribution in [0.15, 0.2) is 60.7 Å². The molecule has 0 saturated heterocycles. The topological polar surface area (TPSA) is 17.1 Å². The summed E-state index contributed by atoms with van der Waals surface area (Å²) in [5.74, 6) is 0.175. The van der Waals surface area contributed by atoms with Crippen LogP contribution in [-0.2, 0) is 10.2 Å². The standard InChI is InChI=1S/C18H17ClO/c19-16-13-18(12-11-17(16)20,14-7-3-1-4-8-14)15-9-5-2-6-10-15/h1-10,16H,11-13H2. The van der Waals surface area contributed by atoms with Gasteiger partial charge >= 0.3 is 0 Å². The molecule has 2 aromatic carbocycles. The highest BCUT2D eigenvalue weighted by molar-refractivity contribution is 6.31. The van der Waals surface area contributed by atoms with E-state index in [9.17, 15) is 4.79 Å². The van der Waals surface area contributed by atoms with Gasteiger partial charge in [0, 0.05) is 11.8 Å². The van der Waals surface area contributed by atoms with Gasteiger partial charge in [-0.3, -0.25) is 4.79 Å². The lowest BCUT2D eigenvalue weighted by Gasteiger charge is -2.39. The number of carbonyl (C=O) groups is 1. The van der Waals surface area contributed by atoms with E-state index in [1.54, 1.807) is 0 Å². The molecular weight excluding hydrogens is 268 g/mol. The van der Waals surface area contributed by atoms with E-state index in [1.165, 1.54) is 11.1 Å². The highest BCUT2D eigenvalue weighted by Crippen LogP contribution is 2.45. The summed E-state index contributed by atoms with van der Waals surface area (Å²) in [6.07, 6.45) is 2.07. The van der Waals surface area contributed by atoms with E-state index in [2.05, 4.69) is 48.5 Å². The lowest BCUT2D eigenvalue weighted by Crippen LogP contribution is -2.39. The molecule has 0 spiro atoms. The lowest BCUT2D eigenvalue weighted by molar-refractivity contribution is -0.120. The first-order chi connectivity index (χ1) is 9.72. The summed E-state index contributed by atoms with van der Waals surface area (Å²) in [4.78, 5) is 11.8. The van der Waals surface area contributed by atoms with Crippen LogP contribution in [0.1, 0.15) is 30.4 Å².